The standard InChI is InChI=1S/C13H12N2O3/c1-8-10-11(18-14-8)13(17)15(12(10)16)7-9-5-3-2-4-6-9/h2-6,10-11H,7H2,1H3. The van der Waals surface area contributed by atoms with Gasteiger partial charge in [-0.2, -0.15) is 0 Å². The normalized spacial score (nSPS) is 26.1. The van der Waals surface area contributed by atoms with Crippen LogP contribution in [0, 0.1) is 5.92 Å². The highest BCUT2D eigenvalue weighted by Crippen LogP contribution is 2.30. The summed E-state index contributed by atoms with van der Waals surface area (Å²) in [7, 11) is 0. The molecule has 0 bridgehead atoms. The van der Waals surface area contributed by atoms with Gasteiger partial charge >= 0.3 is 0 Å². The van der Waals surface area contributed by atoms with Crippen molar-refractivity contribution in [3.63, 3.8) is 0 Å². The van der Waals surface area contributed by atoms with Gasteiger partial charge in [0.05, 0.1) is 12.3 Å². The van der Waals surface area contributed by atoms with Crippen LogP contribution < -0.4 is 0 Å². The maximum Gasteiger partial charge on any atom is 0.274 e. The van der Waals surface area contributed by atoms with E-state index in [4.69, 9.17) is 4.84 Å². The molecule has 0 saturated carbocycles. The minimum Gasteiger partial charge on any atom is -0.381 e. The Hall–Kier alpha value is -2.17. The van der Waals surface area contributed by atoms with E-state index in [1.54, 1.807) is 6.92 Å². The molecule has 2 heterocycles. The van der Waals surface area contributed by atoms with Gasteiger partial charge < -0.3 is 4.84 Å². The average molecular weight is 244 g/mol. The molecule has 3 rings (SSSR count). The number of carbonyl (C=O) groups excluding carboxylic acids is 2. The number of carbonyl (C=O) groups is 2. The zero-order chi connectivity index (χ0) is 12.7. The van der Waals surface area contributed by atoms with E-state index in [1.807, 2.05) is 30.3 Å². The maximum atomic E-state index is 12.2. The molecule has 0 spiro atoms. The van der Waals surface area contributed by atoms with Gasteiger partial charge in [-0.1, -0.05) is 35.5 Å². The molecular formula is C13H12N2O3. The fourth-order valence-corrected chi connectivity index (χ4v) is 2.32. The first-order valence-corrected chi connectivity index (χ1v) is 5.78. The van der Waals surface area contributed by atoms with Crippen molar-refractivity contribution >= 4 is 17.5 Å². The molecular weight excluding hydrogens is 232 g/mol. The van der Waals surface area contributed by atoms with Gasteiger partial charge in [0, 0.05) is 0 Å². The molecule has 92 valence electrons. The van der Waals surface area contributed by atoms with Crippen LogP contribution in [0.3, 0.4) is 0 Å². The molecule has 18 heavy (non-hydrogen) atoms. The molecule has 2 unspecified atom stereocenters. The highest BCUT2D eigenvalue weighted by atomic mass is 16.6. The summed E-state index contributed by atoms with van der Waals surface area (Å²) in [6, 6.07) is 9.42. The predicted molar refractivity (Wildman–Crippen MR) is 63.5 cm³/mol. The summed E-state index contributed by atoms with van der Waals surface area (Å²) < 4.78 is 0. The summed E-state index contributed by atoms with van der Waals surface area (Å²) in [4.78, 5) is 30.5. The van der Waals surface area contributed by atoms with Gasteiger partial charge in [-0.25, -0.2) is 0 Å². The molecule has 2 aliphatic heterocycles. The largest absolute Gasteiger partial charge is 0.381 e. The number of hydrogen-bond acceptors (Lipinski definition) is 4. The van der Waals surface area contributed by atoms with E-state index in [-0.39, 0.29) is 11.8 Å². The summed E-state index contributed by atoms with van der Waals surface area (Å²) in [6.07, 6.45) is -0.749. The van der Waals surface area contributed by atoms with Gasteiger partial charge in [0.15, 0.2) is 0 Å². The number of imide groups is 1. The number of fused-ring (bicyclic) bond motifs is 1. The minimum atomic E-state index is -0.749. The Balaban J connectivity index is 1.84. The van der Waals surface area contributed by atoms with Gasteiger partial charge in [-0.3, -0.25) is 14.5 Å². The van der Waals surface area contributed by atoms with Gasteiger partial charge in [-0.15, -0.1) is 0 Å². The van der Waals surface area contributed by atoms with Gasteiger partial charge in [0.1, 0.15) is 5.92 Å². The zero-order valence-corrected chi connectivity index (χ0v) is 9.87. The number of benzene rings is 1. The molecule has 0 radical (unpaired) electrons. The lowest BCUT2D eigenvalue weighted by Gasteiger charge is -2.14. The average Bonchev–Trinajstić information content (AvgIpc) is 2.87. The second-order valence-electron chi connectivity index (χ2n) is 4.48. The van der Waals surface area contributed by atoms with Crippen LogP contribution in [0.15, 0.2) is 35.5 Å². The molecule has 2 amide bonds. The zero-order valence-electron chi connectivity index (χ0n) is 9.87. The Morgan fingerprint density at radius 1 is 1.22 bits per heavy atom. The van der Waals surface area contributed by atoms with Crippen molar-refractivity contribution in [1.82, 2.24) is 4.90 Å². The van der Waals surface area contributed by atoms with Crippen LogP contribution >= 0.6 is 0 Å². The van der Waals surface area contributed by atoms with Gasteiger partial charge in [0.2, 0.25) is 12.0 Å². The van der Waals surface area contributed by atoms with Crippen molar-refractivity contribution in [2.75, 3.05) is 0 Å². The molecule has 2 aliphatic rings. The summed E-state index contributed by atoms with van der Waals surface area (Å²) in [5, 5.41) is 3.71. The molecule has 0 aliphatic carbocycles. The molecule has 0 N–H and O–H groups in total. The fraction of sp³-hybridized carbons (Fsp3) is 0.308. The number of oxime groups is 1. The van der Waals surface area contributed by atoms with Crippen LogP contribution in [-0.4, -0.2) is 28.5 Å². The molecule has 1 aromatic carbocycles. The summed E-state index contributed by atoms with van der Waals surface area (Å²) >= 11 is 0. The van der Waals surface area contributed by atoms with Crippen molar-refractivity contribution in [1.29, 1.82) is 0 Å². The first kappa shape index (κ1) is 11.0. The Morgan fingerprint density at radius 2 is 1.94 bits per heavy atom. The number of likely N-dealkylation sites (tertiary alicyclic amines) is 1. The lowest BCUT2D eigenvalue weighted by Crippen LogP contribution is -2.32. The lowest BCUT2D eigenvalue weighted by molar-refractivity contribution is -0.142. The number of hydrogen-bond donors (Lipinski definition) is 0. The molecule has 5 nitrogen and oxygen atoms in total. The molecule has 0 aromatic heterocycles. The number of nitrogens with zero attached hydrogens (tertiary/aromatic N) is 2. The minimum absolute atomic E-state index is 0.215. The highest BCUT2D eigenvalue weighted by Gasteiger charge is 2.53. The van der Waals surface area contributed by atoms with Crippen LogP contribution in [0.25, 0.3) is 0 Å². The Morgan fingerprint density at radius 3 is 2.61 bits per heavy atom. The molecule has 1 aromatic rings. The van der Waals surface area contributed by atoms with Crippen molar-refractivity contribution in [3.05, 3.63) is 35.9 Å². The first-order valence-electron chi connectivity index (χ1n) is 5.78. The van der Waals surface area contributed by atoms with Crippen molar-refractivity contribution in [2.24, 2.45) is 11.1 Å². The van der Waals surface area contributed by atoms with E-state index < -0.39 is 12.0 Å². The van der Waals surface area contributed by atoms with Crippen molar-refractivity contribution < 1.29 is 14.4 Å². The second-order valence-corrected chi connectivity index (χ2v) is 4.48. The fourth-order valence-electron chi connectivity index (χ4n) is 2.32. The van der Waals surface area contributed by atoms with E-state index in [0.29, 0.717) is 12.3 Å². The van der Waals surface area contributed by atoms with Crippen LogP contribution in [-0.2, 0) is 21.0 Å². The number of rotatable bonds is 2. The first-order chi connectivity index (χ1) is 8.68. The topological polar surface area (TPSA) is 59.0 Å². The van der Waals surface area contributed by atoms with Crippen LogP contribution in [0.2, 0.25) is 0 Å². The quantitative estimate of drug-likeness (QED) is 0.728. The summed E-state index contributed by atoms with van der Waals surface area (Å²) in [5.74, 6) is -1.04. The molecule has 1 saturated heterocycles. The molecule has 1 fully saturated rings. The van der Waals surface area contributed by atoms with Crippen LogP contribution in [0.4, 0.5) is 0 Å². The molecule has 5 heteroatoms. The van der Waals surface area contributed by atoms with Gasteiger partial charge in [0.25, 0.3) is 5.91 Å². The van der Waals surface area contributed by atoms with Gasteiger partial charge in [-0.05, 0) is 12.5 Å². The van der Waals surface area contributed by atoms with Crippen LogP contribution in [0.1, 0.15) is 12.5 Å². The highest BCUT2D eigenvalue weighted by molar-refractivity contribution is 6.18. The SMILES string of the molecule is CC1=NOC2C(=O)N(Cc3ccccc3)C(=O)C12. The van der Waals surface area contributed by atoms with E-state index in [0.717, 1.165) is 5.56 Å². The Kier molecular flexibility index (Phi) is 2.40. The van der Waals surface area contributed by atoms with Crippen molar-refractivity contribution in [2.45, 2.75) is 19.6 Å². The monoisotopic (exact) mass is 244 g/mol. The smallest absolute Gasteiger partial charge is 0.274 e. The summed E-state index contributed by atoms with van der Waals surface area (Å²) in [5.41, 5.74) is 1.50. The Labute approximate surface area is 104 Å². The summed E-state index contributed by atoms with van der Waals surface area (Å²) in [6.45, 7) is 2.00. The lowest BCUT2D eigenvalue weighted by atomic mass is 10.0. The Bertz CT molecular complexity index is 538. The number of amides is 2. The predicted octanol–water partition coefficient (Wildman–Crippen LogP) is 0.946. The van der Waals surface area contributed by atoms with Crippen LogP contribution in [0.5, 0.6) is 0 Å². The third-order valence-electron chi connectivity index (χ3n) is 3.29. The molecule has 2 atom stereocenters. The third kappa shape index (κ3) is 1.51. The second kappa shape index (κ2) is 3.94. The van der Waals surface area contributed by atoms with E-state index in [9.17, 15) is 9.59 Å². The third-order valence-corrected chi connectivity index (χ3v) is 3.29. The van der Waals surface area contributed by atoms with Crippen molar-refractivity contribution in [3.8, 4) is 0 Å². The van der Waals surface area contributed by atoms with E-state index >= 15 is 0 Å². The van der Waals surface area contributed by atoms with E-state index in [1.165, 1.54) is 4.90 Å². The van der Waals surface area contributed by atoms with E-state index in [2.05, 4.69) is 5.16 Å². The maximum absolute atomic E-state index is 12.2.